The van der Waals surface area contributed by atoms with E-state index in [9.17, 15) is 4.79 Å². The van der Waals surface area contributed by atoms with Gasteiger partial charge in [0.25, 0.3) is 0 Å². The minimum Gasteiger partial charge on any atom is -0.398 e. The molecule has 1 atom stereocenters. The van der Waals surface area contributed by atoms with Crippen LogP contribution in [0.5, 0.6) is 0 Å². The fourth-order valence-electron chi connectivity index (χ4n) is 1.36. The van der Waals surface area contributed by atoms with Gasteiger partial charge in [-0.05, 0) is 25.8 Å². The van der Waals surface area contributed by atoms with Crippen LogP contribution in [0.15, 0.2) is 18.5 Å². The highest BCUT2D eigenvalue weighted by Crippen LogP contribution is 2.13. The highest BCUT2D eigenvalue weighted by molar-refractivity contribution is 6.00. The minimum absolute atomic E-state index is 0.0428. The van der Waals surface area contributed by atoms with Crippen molar-refractivity contribution in [3.63, 3.8) is 0 Å². The summed E-state index contributed by atoms with van der Waals surface area (Å²) in [5.41, 5.74) is 12.3. The quantitative estimate of drug-likeness (QED) is 0.714. The number of pyridine rings is 1. The summed E-state index contributed by atoms with van der Waals surface area (Å²) in [4.78, 5) is 15.6. The second kappa shape index (κ2) is 5.46. The van der Waals surface area contributed by atoms with Crippen molar-refractivity contribution in [2.75, 3.05) is 5.73 Å². The lowest BCUT2D eigenvalue weighted by Gasteiger charge is -2.05. The van der Waals surface area contributed by atoms with Crippen LogP contribution in [-0.2, 0) is 0 Å². The number of carbonyl (C=O) groups is 1. The molecular formula is C11H17N3O. The van der Waals surface area contributed by atoms with Crippen molar-refractivity contribution in [2.45, 2.75) is 32.2 Å². The summed E-state index contributed by atoms with van der Waals surface area (Å²) >= 11 is 0. The lowest BCUT2D eigenvalue weighted by Crippen LogP contribution is -2.15. The molecule has 1 heterocycles. The van der Waals surface area contributed by atoms with Crippen molar-refractivity contribution in [3.8, 4) is 0 Å². The Morgan fingerprint density at radius 2 is 2.33 bits per heavy atom. The molecule has 0 aromatic carbocycles. The molecule has 0 fully saturated rings. The van der Waals surface area contributed by atoms with Crippen LogP contribution in [0.25, 0.3) is 0 Å². The standard InChI is InChI=1S/C11H17N3O/c1-8(12)3-2-4-11(15)9-7-14-6-5-10(9)13/h5-8H,2-4,12H2,1H3,(H2,13,14). The number of aromatic nitrogens is 1. The zero-order valence-corrected chi connectivity index (χ0v) is 8.94. The fourth-order valence-corrected chi connectivity index (χ4v) is 1.36. The first-order valence-corrected chi connectivity index (χ1v) is 5.09. The van der Waals surface area contributed by atoms with Gasteiger partial charge in [-0.25, -0.2) is 0 Å². The Morgan fingerprint density at radius 1 is 1.60 bits per heavy atom. The van der Waals surface area contributed by atoms with Crippen LogP contribution in [-0.4, -0.2) is 16.8 Å². The van der Waals surface area contributed by atoms with E-state index in [-0.39, 0.29) is 11.8 Å². The molecule has 0 spiro atoms. The maximum atomic E-state index is 11.7. The Labute approximate surface area is 89.7 Å². The van der Waals surface area contributed by atoms with E-state index in [0.29, 0.717) is 17.7 Å². The summed E-state index contributed by atoms with van der Waals surface area (Å²) in [6.45, 7) is 1.93. The van der Waals surface area contributed by atoms with Crippen LogP contribution in [0.2, 0.25) is 0 Å². The number of nitrogen functional groups attached to an aromatic ring is 1. The lowest BCUT2D eigenvalue weighted by atomic mass is 10.0. The van der Waals surface area contributed by atoms with Crippen molar-refractivity contribution in [1.29, 1.82) is 0 Å². The summed E-state index contributed by atoms with van der Waals surface area (Å²) in [6, 6.07) is 1.78. The van der Waals surface area contributed by atoms with Crippen LogP contribution in [0.3, 0.4) is 0 Å². The van der Waals surface area contributed by atoms with E-state index >= 15 is 0 Å². The van der Waals surface area contributed by atoms with Crippen molar-refractivity contribution in [1.82, 2.24) is 4.98 Å². The number of rotatable bonds is 5. The van der Waals surface area contributed by atoms with Crippen LogP contribution >= 0.6 is 0 Å². The molecule has 0 bridgehead atoms. The van der Waals surface area contributed by atoms with E-state index in [0.717, 1.165) is 12.8 Å². The van der Waals surface area contributed by atoms with Gasteiger partial charge in [-0.2, -0.15) is 0 Å². The summed E-state index contributed by atoms with van der Waals surface area (Å²) in [5, 5.41) is 0. The van der Waals surface area contributed by atoms with E-state index in [1.54, 1.807) is 12.3 Å². The van der Waals surface area contributed by atoms with Crippen LogP contribution in [0.1, 0.15) is 36.5 Å². The third-order valence-electron chi connectivity index (χ3n) is 2.22. The molecule has 0 saturated carbocycles. The van der Waals surface area contributed by atoms with Gasteiger partial charge in [-0.3, -0.25) is 9.78 Å². The van der Waals surface area contributed by atoms with E-state index in [4.69, 9.17) is 11.5 Å². The molecule has 4 nitrogen and oxygen atoms in total. The third-order valence-corrected chi connectivity index (χ3v) is 2.22. The Bertz CT molecular complexity index is 336. The number of Topliss-reactive ketones (excluding diaryl/α,β-unsaturated/α-hetero) is 1. The van der Waals surface area contributed by atoms with E-state index in [2.05, 4.69) is 4.98 Å². The Morgan fingerprint density at radius 3 is 2.93 bits per heavy atom. The second-order valence-corrected chi connectivity index (χ2v) is 3.76. The maximum absolute atomic E-state index is 11.7. The van der Waals surface area contributed by atoms with Crippen LogP contribution < -0.4 is 11.5 Å². The molecule has 0 aliphatic carbocycles. The van der Waals surface area contributed by atoms with Gasteiger partial charge in [0.2, 0.25) is 0 Å². The molecule has 1 aromatic heterocycles. The Balaban J connectivity index is 2.51. The van der Waals surface area contributed by atoms with Crippen LogP contribution in [0.4, 0.5) is 5.69 Å². The average Bonchev–Trinajstić information content (AvgIpc) is 2.17. The summed E-state index contributed by atoms with van der Waals surface area (Å²) in [6.07, 6.45) is 5.23. The molecule has 1 rings (SSSR count). The van der Waals surface area contributed by atoms with Gasteiger partial charge >= 0.3 is 0 Å². The first-order chi connectivity index (χ1) is 7.11. The van der Waals surface area contributed by atoms with Gasteiger partial charge < -0.3 is 11.5 Å². The highest BCUT2D eigenvalue weighted by Gasteiger charge is 2.09. The zero-order valence-electron chi connectivity index (χ0n) is 8.94. The molecule has 4 heteroatoms. The fraction of sp³-hybridized carbons (Fsp3) is 0.455. The van der Waals surface area contributed by atoms with E-state index in [1.807, 2.05) is 6.92 Å². The van der Waals surface area contributed by atoms with Gasteiger partial charge in [0.1, 0.15) is 0 Å². The predicted octanol–water partition coefficient (Wildman–Crippen LogP) is 1.36. The molecule has 0 amide bonds. The van der Waals surface area contributed by atoms with Gasteiger partial charge in [0, 0.05) is 30.5 Å². The molecule has 1 unspecified atom stereocenters. The average molecular weight is 207 g/mol. The molecule has 82 valence electrons. The molecule has 0 saturated heterocycles. The SMILES string of the molecule is CC(N)CCCC(=O)c1cnccc1N. The van der Waals surface area contributed by atoms with Crippen molar-refractivity contribution < 1.29 is 4.79 Å². The summed E-state index contributed by atoms with van der Waals surface area (Å²) < 4.78 is 0. The van der Waals surface area contributed by atoms with Crippen molar-refractivity contribution in [3.05, 3.63) is 24.0 Å². The van der Waals surface area contributed by atoms with Gasteiger partial charge in [0.15, 0.2) is 5.78 Å². The van der Waals surface area contributed by atoms with E-state index < -0.39 is 0 Å². The largest absolute Gasteiger partial charge is 0.398 e. The molecule has 1 aromatic rings. The monoisotopic (exact) mass is 207 g/mol. The number of hydrogen-bond donors (Lipinski definition) is 2. The van der Waals surface area contributed by atoms with Crippen molar-refractivity contribution >= 4 is 11.5 Å². The number of nitrogens with two attached hydrogens (primary N) is 2. The van der Waals surface area contributed by atoms with Gasteiger partial charge in [0.05, 0.1) is 5.56 Å². The normalized spacial score (nSPS) is 12.4. The van der Waals surface area contributed by atoms with Crippen molar-refractivity contribution in [2.24, 2.45) is 5.73 Å². The van der Waals surface area contributed by atoms with Gasteiger partial charge in [-0.15, -0.1) is 0 Å². The molecule has 4 N–H and O–H groups in total. The number of hydrogen-bond acceptors (Lipinski definition) is 4. The number of carbonyl (C=O) groups excluding carboxylic acids is 1. The molecule has 15 heavy (non-hydrogen) atoms. The topological polar surface area (TPSA) is 82.0 Å². The number of nitrogens with zero attached hydrogens (tertiary/aromatic N) is 1. The third kappa shape index (κ3) is 3.67. The zero-order chi connectivity index (χ0) is 11.3. The number of anilines is 1. The lowest BCUT2D eigenvalue weighted by molar-refractivity contribution is 0.0979. The van der Waals surface area contributed by atoms with Gasteiger partial charge in [-0.1, -0.05) is 0 Å². The Kier molecular flexibility index (Phi) is 4.24. The molecule has 0 aliphatic heterocycles. The van der Waals surface area contributed by atoms with E-state index in [1.165, 1.54) is 6.20 Å². The molecular weight excluding hydrogens is 190 g/mol. The molecule has 0 aliphatic rings. The summed E-state index contributed by atoms with van der Waals surface area (Å²) in [5.74, 6) is 0.0428. The highest BCUT2D eigenvalue weighted by atomic mass is 16.1. The first-order valence-electron chi connectivity index (χ1n) is 5.09. The summed E-state index contributed by atoms with van der Waals surface area (Å²) in [7, 11) is 0. The smallest absolute Gasteiger partial charge is 0.166 e. The maximum Gasteiger partial charge on any atom is 0.166 e. The predicted molar refractivity (Wildman–Crippen MR) is 60.5 cm³/mol. The Hall–Kier alpha value is -1.42. The van der Waals surface area contributed by atoms with Crippen LogP contribution in [0, 0.1) is 0 Å². The number of ketones is 1. The first kappa shape index (κ1) is 11.7. The molecule has 0 radical (unpaired) electrons. The second-order valence-electron chi connectivity index (χ2n) is 3.76. The minimum atomic E-state index is 0.0428.